The molecule has 7 heteroatoms. The van der Waals surface area contributed by atoms with Crippen molar-refractivity contribution in [3.63, 3.8) is 0 Å². The molecular weight excluding hydrogens is 262 g/mol. The van der Waals surface area contributed by atoms with E-state index in [4.69, 9.17) is 5.11 Å². The van der Waals surface area contributed by atoms with Gasteiger partial charge in [-0.15, -0.1) is 0 Å². The lowest BCUT2D eigenvalue weighted by Gasteiger charge is -2.22. The van der Waals surface area contributed by atoms with Gasteiger partial charge in [0.1, 0.15) is 5.69 Å². The number of aromatic nitrogens is 1. The zero-order valence-corrected chi connectivity index (χ0v) is 12.1. The number of amides is 1. The van der Waals surface area contributed by atoms with Gasteiger partial charge in [0, 0.05) is 31.8 Å². The molecule has 7 nitrogen and oxygen atoms in total. The molecule has 1 aromatic heterocycles. The molecule has 1 aromatic rings. The van der Waals surface area contributed by atoms with Gasteiger partial charge in [0.2, 0.25) is 0 Å². The third-order valence-electron chi connectivity index (χ3n) is 3.08. The van der Waals surface area contributed by atoms with Crippen molar-refractivity contribution < 1.29 is 14.8 Å². The molecule has 112 valence electrons. The molecule has 1 rings (SSSR count). The Morgan fingerprint density at radius 1 is 1.55 bits per heavy atom. The van der Waals surface area contributed by atoms with E-state index in [2.05, 4.69) is 0 Å². The highest BCUT2D eigenvalue weighted by molar-refractivity contribution is 5.93. The molecule has 0 bridgehead atoms. The van der Waals surface area contributed by atoms with Crippen LogP contribution in [0.25, 0.3) is 0 Å². The number of carbonyl (C=O) groups excluding carboxylic acids is 1. The Hall–Kier alpha value is -1.89. The molecule has 20 heavy (non-hydrogen) atoms. The summed E-state index contributed by atoms with van der Waals surface area (Å²) < 4.78 is 1.61. The predicted molar refractivity (Wildman–Crippen MR) is 74.8 cm³/mol. The van der Waals surface area contributed by atoms with Crippen LogP contribution in [0.2, 0.25) is 0 Å². The minimum absolute atomic E-state index is 0.00905. The first-order valence-corrected chi connectivity index (χ1v) is 6.68. The van der Waals surface area contributed by atoms with Crippen molar-refractivity contribution in [2.24, 2.45) is 0 Å². The summed E-state index contributed by atoms with van der Waals surface area (Å²) in [6, 6.07) is 1.27. The summed E-state index contributed by atoms with van der Waals surface area (Å²) in [5, 5.41) is 19.7. The van der Waals surface area contributed by atoms with Crippen molar-refractivity contribution in [2.45, 2.75) is 33.2 Å². The SMILES string of the molecule is CCN(CCCO)C(=O)c1cc([N+](=O)[O-])cn1C(C)C. The van der Waals surface area contributed by atoms with Gasteiger partial charge in [0.15, 0.2) is 0 Å². The van der Waals surface area contributed by atoms with Gasteiger partial charge in [-0.2, -0.15) is 0 Å². The fourth-order valence-electron chi connectivity index (χ4n) is 1.99. The highest BCUT2D eigenvalue weighted by Gasteiger charge is 2.23. The Bertz CT molecular complexity index is 482. The number of aliphatic hydroxyl groups excluding tert-OH is 1. The minimum atomic E-state index is -0.500. The van der Waals surface area contributed by atoms with Crippen molar-refractivity contribution >= 4 is 11.6 Å². The molecule has 1 heterocycles. The van der Waals surface area contributed by atoms with E-state index in [1.54, 1.807) is 9.47 Å². The standard InChI is InChI=1S/C13H21N3O4/c1-4-14(6-5-7-17)13(18)12-8-11(16(19)20)9-15(12)10(2)3/h8-10,17H,4-7H2,1-3H3. The molecule has 0 unspecified atom stereocenters. The molecule has 1 amide bonds. The normalized spacial score (nSPS) is 10.8. The smallest absolute Gasteiger partial charge is 0.287 e. The maximum atomic E-state index is 12.4. The van der Waals surface area contributed by atoms with E-state index < -0.39 is 4.92 Å². The van der Waals surface area contributed by atoms with Crippen LogP contribution >= 0.6 is 0 Å². The predicted octanol–water partition coefficient (Wildman–Crippen LogP) is 1.82. The van der Waals surface area contributed by atoms with Crippen LogP contribution in [0, 0.1) is 10.1 Å². The van der Waals surface area contributed by atoms with Crippen molar-refractivity contribution in [1.29, 1.82) is 0 Å². The van der Waals surface area contributed by atoms with Crippen LogP contribution in [-0.4, -0.2) is 45.1 Å². The second kappa shape index (κ2) is 7.04. The number of hydrogen-bond acceptors (Lipinski definition) is 4. The molecule has 0 aliphatic rings. The highest BCUT2D eigenvalue weighted by Crippen LogP contribution is 2.22. The van der Waals surface area contributed by atoms with Gasteiger partial charge >= 0.3 is 0 Å². The topological polar surface area (TPSA) is 88.6 Å². The maximum Gasteiger partial charge on any atom is 0.287 e. The van der Waals surface area contributed by atoms with Gasteiger partial charge in [-0.25, -0.2) is 0 Å². The molecule has 0 spiro atoms. The fourth-order valence-corrected chi connectivity index (χ4v) is 1.99. The Morgan fingerprint density at radius 3 is 2.65 bits per heavy atom. The number of nitrogens with zero attached hydrogens (tertiary/aromatic N) is 3. The van der Waals surface area contributed by atoms with E-state index in [1.807, 2.05) is 20.8 Å². The molecule has 0 saturated carbocycles. The summed E-state index contributed by atoms with van der Waals surface area (Å²) in [5.74, 6) is -0.247. The molecule has 0 radical (unpaired) electrons. The third kappa shape index (κ3) is 3.57. The summed E-state index contributed by atoms with van der Waals surface area (Å²) in [6.45, 7) is 6.51. The molecule has 0 aliphatic heterocycles. The second-order valence-corrected chi connectivity index (χ2v) is 4.80. The molecule has 0 atom stereocenters. The van der Waals surface area contributed by atoms with Crippen molar-refractivity contribution in [3.05, 3.63) is 28.1 Å². The first-order valence-electron chi connectivity index (χ1n) is 6.68. The number of rotatable bonds is 7. The van der Waals surface area contributed by atoms with Crippen LogP contribution in [0.3, 0.4) is 0 Å². The van der Waals surface area contributed by atoms with E-state index in [-0.39, 0.29) is 24.2 Å². The summed E-state index contributed by atoms with van der Waals surface area (Å²) in [7, 11) is 0. The summed E-state index contributed by atoms with van der Waals surface area (Å²) in [5.41, 5.74) is 0.228. The lowest BCUT2D eigenvalue weighted by atomic mass is 10.3. The van der Waals surface area contributed by atoms with E-state index >= 15 is 0 Å². The second-order valence-electron chi connectivity index (χ2n) is 4.80. The van der Waals surface area contributed by atoms with Crippen LogP contribution in [0.4, 0.5) is 5.69 Å². The lowest BCUT2D eigenvalue weighted by molar-refractivity contribution is -0.384. The molecule has 0 aromatic carbocycles. The Kier molecular flexibility index (Phi) is 5.69. The number of carbonyl (C=O) groups is 1. The Balaban J connectivity index is 3.09. The van der Waals surface area contributed by atoms with E-state index in [0.29, 0.717) is 25.2 Å². The van der Waals surface area contributed by atoms with Crippen molar-refractivity contribution in [1.82, 2.24) is 9.47 Å². The van der Waals surface area contributed by atoms with Gasteiger partial charge in [0.25, 0.3) is 11.6 Å². The van der Waals surface area contributed by atoms with Gasteiger partial charge in [-0.3, -0.25) is 14.9 Å². The first-order chi connectivity index (χ1) is 9.42. The average Bonchev–Trinajstić information content (AvgIpc) is 2.84. The maximum absolute atomic E-state index is 12.4. The largest absolute Gasteiger partial charge is 0.396 e. The molecule has 1 N–H and O–H groups in total. The van der Waals surface area contributed by atoms with Crippen LogP contribution in [0.15, 0.2) is 12.3 Å². The highest BCUT2D eigenvalue weighted by atomic mass is 16.6. The van der Waals surface area contributed by atoms with Crippen LogP contribution in [-0.2, 0) is 0 Å². The number of hydrogen-bond donors (Lipinski definition) is 1. The van der Waals surface area contributed by atoms with Gasteiger partial charge in [-0.1, -0.05) is 0 Å². The van der Waals surface area contributed by atoms with Gasteiger partial charge in [0.05, 0.1) is 11.1 Å². The summed E-state index contributed by atoms with van der Waals surface area (Å²) >= 11 is 0. The molecule has 0 saturated heterocycles. The molecule has 0 aliphatic carbocycles. The number of aliphatic hydroxyl groups is 1. The van der Waals surface area contributed by atoms with Crippen molar-refractivity contribution in [3.8, 4) is 0 Å². The first kappa shape index (κ1) is 16.2. The van der Waals surface area contributed by atoms with Crippen LogP contribution < -0.4 is 0 Å². The van der Waals surface area contributed by atoms with Crippen LogP contribution in [0.1, 0.15) is 43.7 Å². The van der Waals surface area contributed by atoms with Gasteiger partial charge < -0.3 is 14.6 Å². The summed E-state index contributed by atoms with van der Waals surface area (Å²) in [6.07, 6.45) is 1.88. The number of nitro groups is 1. The van der Waals surface area contributed by atoms with Crippen LogP contribution in [0.5, 0.6) is 0 Å². The zero-order valence-electron chi connectivity index (χ0n) is 12.1. The molecule has 0 fully saturated rings. The van der Waals surface area contributed by atoms with Gasteiger partial charge in [-0.05, 0) is 27.2 Å². The van der Waals surface area contributed by atoms with E-state index in [9.17, 15) is 14.9 Å². The zero-order chi connectivity index (χ0) is 15.3. The van der Waals surface area contributed by atoms with E-state index in [1.165, 1.54) is 12.3 Å². The minimum Gasteiger partial charge on any atom is -0.396 e. The van der Waals surface area contributed by atoms with Crippen molar-refractivity contribution in [2.75, 3.05) is 19.7 Å². The average molecular weight is 283 g/mol. The monoisotopic (exact) mass is 283 g/mol. The fraction of sp³-hybridized carbons (Fsp3) is 0.615. The van der Waals surface area contributed by atoms with E-state index in [0.717, 1.165) is 0 Å². The Morgan fingerprint density at radius 2 is 2.20 bits per heavy atom. The third-order valence-corrected chi connectivity index (χ3v) is 3.08. The Labute approximate surface area is 118 Å². The molecular formula is C13H21N3O4. The summed E-state index contributed by atoms with van der Waals surface area (Å²) in [4.78, 5) is 24.4. The lowest BCUT2D eigenvalue weighted by Crippen LogP contribution is -2.33. The quantitative estimate of drug-likeness (QED) is 0.610.